The van der Waals surface area contributed by atoms with Crippen LogP contribution in [0.25, 0.3) is 43.3 Å². The van der Waals surface area contributed by atoms with Gasteiger partial charge in [-0.05, 0) is 46.5 Å². The minimum atomic E-state index is -0.470. The fourth-order valence-corrected chi connectivity index (χ4v) is 4.96. The van der Waals surface area contributed by atoms with Crippen molar-refractivity contribution in [2.24, 2.45) is 24.2 Å². The van der Waals surface area contributed by atoms with Crippen LogP contribution in [0.4, 0.5) is 0 Å². The second-order valence-electron chi connectivity index (χ2n) is 8.00. The van der Waals surface area contributed by atoms with Gasteiger partial charge >= 0.3 is 0 Å². The number of rotatable bonds is 5. The summed E-state index contributed by atoms with van der Waals surface area (Å²) in [6.07, 6.45) is -0.470. The number of hydrogen-bond donors (Lipinski definition) is 4. The van der Waals surface area contributed by atoms with Crippen molar-refractivity contribution >= 4 is 28.2 Å². The van der Waals surface area contributed by atoms with E-state index < -0.39 is 6.17 Å². The van der Waals surface area contributed by atoms with E-state index in [4.69, 9.17) is 27.6 Å². The van der Waals surface area contributed by atoms with Gasteiger partial charge in [0, 0.05) is 17.5 Å². The summed E-state index contributed by atoms with van der Waals surface area (Å²) in [7, 11) is 2.04. The Morgan fingerprint density at radius 2 is 1.48 bits per heavy atom. The Morgan fingerprint density at radius 1 is 0.848 bits per heavy atom. The van der Waals surface area contributed by atoms with E-state index in [2.05, 4.69) is 34.9 Å². The van der Waals surface area contributed by atoms with Gasteiger partial charge in [0.05, 0.1) is 22.1 Å². The third-order valence-corrected chi connectivity index (χ3v) is 6.95. The van der Waals surface area contributed by atoms with Crippen LogP contribution in [-0.2, 0) is 7.05 Å². The highest BCUT2D eigenvalue weighted by atomic mass is 32.1. The van der Waals surface area contributed by atoms with E-state index in [-0.39, 0.29) is 5.84 Å². The van der Waals surface area contributed by atoms with Crippen molar-refractivity contribution in [2.75, 3.05) is 0 Å². The zero-order chi connectivity index (χ0) is 23.1. The SMILES string of the molecule is Cn1c(-c2ccc(-c3ccc(C(=N)N)cc3)s2)nc2cc(-c3ccc(C(N)N)cc3)ccc21. The Hall–Kier alpha value is -3.78. The molecule has 0 aliphatic rings. The quantitative estimate of drug-likeness (QED) is 0.173. The molecule has 33 heavy (non-hydrogen) atoms. The molecule has 0 fully saturated rings. The van der Waals surface area contributed by atoms with E-state index in [1.165, 1.54) is 0 Å². The summed E-state index contributed by atoms with van der Waals surface area (Å²) < 4.78 is 2.13. The van der Waals surface area contributed by atoms with Crippen LogP contribution >= 0.6 is 11.3 Å². The van der Waals surface area contributed by atoms with Crippen molar-refractivity contribution in [1.29, 1.82) is 5.41 Å². The first-order chi connectivity index (χ1) is 15.9. The number of imidazole rings is 1. The maximum Gasteiger partial charge on any atom is 0.150 e. The molecule has 0 saturated carbocycles. The Bertz CT molecular complexity index is 1460. The zero-order valence-corrected chi connectivity index (χ0v) is 18.9. The number of aryl methyl sites for hydroxylation is 1. The summed E-state index contributed by atoms with van der Waals surface area (Å²) in [4.78, 5) is 7.19. The third-order valence-electron chi connectivity index (χ3n) is 5.82. The molecule has 0 atom stereocenters. The van der Waals surface area contributed by atoms with E-state index in [1.807, 2.05) is 55.6 Å². The molecule has 0 aliphatic heterocycles. The minimum Gasteiger partial charge on any atom is -0.384 e. The molecule has 6 nitrogen and oxygen atoms in total. The van der Waals surface area contributed by atoms with Gasteiger partial charge in [0.1, 0.15) is 5.84 Å². The number of aromatic nitrogens is 2. The van der Waals surface area contributed by atoms with Crippen molar-refractivity contribution < 1.29 is 0 Å². The fraction of sp³-hybridized carbons (Fsp3) is 0.0769. The van der Waals surface area contributed by atoms with Gasteiger partial charge in [-0.1, -0.05) is 54.6 Å². The maximum absolute atomic E-state index is 7.56. The summed E-state index contributed by atoms with van der Waals surface area (Å²) in [5.74, 6) is 1.01. The molecule has 0 saturated heterocycles. The molecule has 164 valence electrons. The number of benzene rings is 3. The normalized spacial score (nSPS) is 11.4. The second-order valence-corrected chi connectivity index (χ2v) is 9.08. The highest BCUT2D eigenvalue weighted by molar-refractivity contribution is 7.18. The molecular weight excluding hydrogens is 428 g/mol. The minimum absolute atomic E-state index is 0.0754. The largest absolute Gasteiger partial charge is 0.384 e. The molecule has 3 aromatic carbocycles. The molecular formula is C26H24N6S. The molecule has 5 aromatic rings. The first-order valence-electron chi connectivity index (χ1n) is 10.5. The molecule has 0 aliphatic carbocycles. The molecule has 0 unspecified atom stereocenters. The van der Waals surface area contributed by atoms with Gasteiger partial charge in [-0.15, -0.1) is 11.3 Å². The van der Waals surface area contributed by atoms with Crippen LogP contribution in [0.3, 0.4) is 0 Å². The number of nitrogens with one attached hydrogen (secondary N) is 1. The lowest BCUT2D eigenvalue weighted by atomic mass is 10.0. The maximum atomic E-state index is 7.56. The van der Waals surface area contributed by atoms with E-state index in [0.717, 1.165) is 54.4 Å². The van der Waals surface area contributed by atoms with Crippen molar-refractivity contribution in [3.05, 3.63) is 90.0 Å². The van der Waals surface area contributed by atoms with Crippen LogP contribution in [0.5, 0.6) is 0 Å². The van der Waals surface area contributed by atoms with Crippen LogP contribution in [0, 0.1) is 5.41 Å². The lowest BCUT2D eigenvalue weighted by Gasteiger charge is -2.07. The lowest BCUT2D eigenvalue weighted by molar-refractivity contribution is 0.774. The summed E-state index contributed by atoms with van der Waals surface area (Å²) in [5, 5.41) is 7.56. The number of thiophene rings is 1. The lowest BCUT2D eigenvalue weighted by Crippen LogP contribution is -2.19. The van der Waals surface area contributed by atoms with Crippen LogP contribution in [0.15, 0.2) is 78.9 Å². The van der Waals surface area contributed by atoms with E-state index >= 15 is 0 Å². The Labute approximate surface area is 195 Å². The topological polar surface area (TPSA) is 120 Å². The number of fused-ring (bicyclic) bond motifs is 1. The summed E-state index contributed by atoms with van der Waals surface area (Å²) >= 11 is 1.70. The molecule has 0 bridgehead atoms. The molecule has 2 heterocycles. The first kappa shape index (κ1) is 21.1. The molecule has 2 aromatic heterocycles. The standard InChI is InChI=1S/C26H24N6S/c1-32-21-11-10-19(15-2-6-17(7-3-15)24(27)28)14-20(21)31-26(32)23-13-12-22(33-23)16-4-8-18(9-5-16)25(29)30/h2-14,24H,27-28H2,1H3,(H3,29,30). The summed E-state index contributed by atoms with van der Waals surface area (Å²) in [6, 6.07) is 26.3. The van der Waals surface area contributed by atoms with Crippen LogP contribution in [0.1, 0.15) is 17.3 Å². The Balaban J connectivity index is 1.48. The Morgan fingerprint density at radius 3 is 2.15 bits per heavy atom. The average Bonchev–Trinajstić information content (AvgIpc) is 3.44. The number of hydrogen-bond acceptors (Lipinski definition) is 5. The fourth-order valence-electron chi connectivity index (χ4n) is 3.92. The van der Waals surface area contributed by atoms with Gasteiger partial charge in [-0.2, -0.15) is 0 Å². The number of amidine groups is 1. The van der Waals surface area contributed by atoms with Crippen LogP contribution in [-0.4, -0.2) is 15.4 Å². The van der Waals surface area contributed by atoms with E-state index in [0.29, 0.717) is 0 Å². The highest BCUT2D eigenvalue weighted by Gasteiger charge is 2.14. The third kappa shape index (κ3) is 3.93. The van der Waals surface area contributed by atoms with Gasteiger partial charge in [0.2, 0.25) is 0 Å². The van der Waals surface area contributed by atoms with Gasteiger partial charge in [-0.25, -0.2) is 4.98 Å². The van der Waals surface area contributed by atoms with Gasteiger partial charge < -0.3 is 21.8 Å². The average molecular weight is 453 g/mol. The predicted molar refractivity (Wildman–Crippen MR) is 137 cm³/mol. The number of nitrogens with two attached hydrogens (primary N) is 3. The molecule has 0 radical (unpaired) electrons. The van der Waals surface area contributed by atoms with Crippen molar-refractivity contribution in [2.45, 2.75) is 6.17 Å². The van der Waals surface area contributed by atoms with Gasteiger partial charge in [0.25, 0.3) is 0 Å². The van der Waals surface area contributed by atoms with Crippen molar-refractivity contribution in [3.63, 3.8) is 0 Å². The van der Waals surface area contributed by atoms with E-state index in [9.17, 15) is 0 Å². The van der Waals surface area contributed by atoms with Crippen molar-refractivity contribution in [1.82, 2.24) is 9.55 Å². The Kier molecular flexibility index (Phi) is 5.30. The highest BCUT2D eigenvalue weighted by Crippen LogP contribution is 2.36. The van der Waals surface area contributed by atoms with Gasteiger partial charge in [-0.3, -0.25) is 5.41 Å². The zero-order valence-electron chi connectivity index (χ0n) is 18.1. The van der Waals surface area contributed by atoms with E-state index in [1.54, 1.807) is 11.3 Å². The second kappa shape index (κ2) is 8.29. The molecule has 7 N–H and O–H groups in total. The van der Waals surface area contributed by atoms with Crippen molar-refractivity contribution in [3.8, 4) is 32.3 Å². The smallest absolute Gasteiger partial charge is 0.150 e. The molecule has 7 heteroatoms. The molecule has 5 rings (SSSR count). The first-order valence-corrected chi connectivity index (χ1v) is 11.4. The summed E-state index contributed by atoms with van der Waals surface area (Å²) in [6.45, 7) is 0. The monoisotopic (exact) mass is 452 g/mol. The van der Waals surface area contributed by atoms with Crippen LogP contribution < -0.4 is 17.2 Å². The summed E-state index contributed by atoms with van der Waals surface area (Å²) in [5.41, 5.74) is 24.0. The predicted octanol–water partition coefficient (Wildman–Crippen LogP) is 4.84. The molecule has 0 amide bonds. The van der Waals surface area contributed by atoms with Gasteiger partial charge in [0.15, 0.2) is 5.82 Å². The van der Waals surface area contributed by atoms with Crippen LogP contribution in [0.2, 0.25) is 0 Å². The molecule has 0 spiro atoms. The number of nitrogens with zero attached hydrogens (tertiary/aromatic N) is 2. The number of nitrogen functional groups attached to an aromatic ring is 1.